The number of aliphatic carboxylic acids is 1. The summed E-state index contributed by atoms with van der Waals surface area (Å²) in [5, 5.41) is 12.2. The third-order valence-corrected chi connectivity index (χ3v) is 4.88. The van der Waals surface area contributed by atoms with Gasteiger partial charge in [0.25, 0.3) is 5.91 Å². The summed E-state index contributed by atoms with van der Waals surface area (Å²) in [4.78, 5) is 27.9. The van der Waals surface area contributed by atoms with Crippen molar-refractivity contribution in [3.63, 3.8) is 0 Å². The number of hydrogen-bond donors (Lipinski definition) is 2. The van der Waals surface area contributed by atoms with Crippen LogP contribution in [0.4, 0.5) is 10.1 Å². The monoisotopic (exact) mass is 350 g/mol. The molecule has 0 spiro atoms. The number of rotatable bonds is 4. The van der Waals surface area contributed by atoms with Gasteiger partial charge in [0.15, 0.2) is 0 Å². The molecule has 0 atom stereocenters. The van der Waals surface area contributed by atoms with E-state index in [1.807, 2.05) is 20.8 Å². The predicted octanol–water partition coefficient (Wildman–Crippen LogP) is 3.77. The Labute approximate surface area is 143 Å². The van der Waals surface area contributed by atoms with Crippen LogP contribution in [0.25, 0.3) is 0 Å². The SMILES string of the molecule is Cc1nc(C(C)(C)C)sc1C(=O)Nc1ccc(CC(=O)O)c(F)c1. The van der Waals surface area contributed by atoms with Crippen LogP contribution in [0.15, 0.2) is 18.2 Å². The van der Waals surface area contributed by atoms with E-state index >= 15 is 0 Å². The Kier molecular flexibility index (Phi) is 5.03. The molecule has 1 aromatic carbocycles. The number of carbonyl (C=O) groups excluding carboxylic acids is 1. The molecule has 128 valence electrons. The van der Waals surface area contributed by atoms with E-state index in [9.17, 15) is 14.0 Å². The van der Waals surface area contributed by atoms with Gasteiger partial charge in [0, 0.05) is 11.1 Å². The van der Waals surface area contributed by atoms with E-state index < -0.39 is 18.2 Å². The molecule has 1 amide bonds. The first-order valence-electron chi connectivity index (χ1n) is 7.37. The Hall–Kier alpha value is -2.28. The first-order valence-corrected chi connectivity index (χ1v) is 8.19. The maximum atomic E-state index is 13.9. The topological polar surface area (TPSA) is 79.3 Å². The van der Waals surface area contributed by atoms with Crippen LogP contribution < -0.4 is 5.32 Å². The summed E-state index contributed by atoms with van der Waals surface area (Å²) >= 11 is 1.31. The molecule has 0 fully saturated rings. The lowest BCUT2D eigenvalue weighted by molar-refractivity contribution is -0.136. The van der Waals surface area contributed by atoms with Crippen LogP contribution in [0.2, 0.25) is 0 Å². The molecule has 0 saturated carbocycles. The Morgan fingerprint density at radius 2 is 2.00 bits per heavy atom. The molecule has 5 nitrogen and oxygen atoms in total. The van der Waals surface area contributed by atoms with Gasteiger partial charge < -0.3 is 10.4 Å². The highest BCUT2D eigenvalue weighted by Gasteiger charge is 2.23. The van der Waals surface area contributed by atoms with Crippen molar-refractivity contribution in [2.24, 2.45) is 0 Å². The summed E-state index contributed by atoms with van der Waals surface area (Å²) < 4.78 is 13.9. The molecule has 0 aliphatic carbocycles. The number of carboxylic acid groups (broad SMARTS) is 1. The van der Waals surface area contributed by atoms with Gasteiger partial charge in [0.05, 0.1) is 17.1 Å². The van der Waals surface area contributed by atoms with E-state index in [0.29, 0.717) is 10.6 Å². The zero-order chi connectivity index (χ0) is 18.1. The minimum Gasteiger partial charge on any atom is -0.481 e. The van der Waals surface area contributed by atoms with Crippen molar-refractivity contribution in [2.75, 3.05) is 5.32 Å². The molecule has 0 unspecified atom stereocenters. The largest absolute Gasteiger partial charge is 0.481 e. The van der Waals surface area contributed by atoms with Gasteiger partial charge in [-0.15, -0.1) is 11.3 Å². The molecule has 0 aliphatic rings. The summed E-state index contributed by atoms with van der Waals surface area (Å²) in [6.07, 6.45) is -0.400. The van der Waals surface area contributed by atoms with Crippen molar-refractivity contribution in [2.45, 2.75) is 39.5 Å². The zero-order valence-electron chi connectivity index (χ0n) is 13.9. The molecule has 0 bridgehead atoms. The van der Waals surface area contributed by atoms with E-state index in [4.69, 9.17) is 5.11 Å². The van der Waals surface area contributed by atoms with Gasteiger partial charge in [-0.2, -0.15) is 0 Å². The minimum absolute atomic E-state index is 0.0736. The van der Waals surface area contributed by atoms with Crippen LogP contribution in [0.3, 0.4) is 0 Å². The summed E-state index contributed by atoms with van der Waals surface area (Å²) in [5.41, 5.74) is 0.824. The lowest BCUT2D eigenvalue weighted by Crippen LogP contribution is -2.12. The standard InChI is InChI=1S/C17H19FN2O3S/c1-9-14(24-16(19-9)17(2,3)4)15(23)20-11-6-5-10(7-13(21)22)12(18)8-11/h5-6,8H,7H2,1-4H3,(H,20,23)(H,21,22). The third kappa shape index (κ3) is 4.17. The third-order valence-electron chi connectivity index (χ3n) is 3.30. The molecular formula is C17H19FN2O3S. The number of carboxylic acids is 1. The zero-order valence-corrected chi connectivity index (χ0v) is 14.8. The first-order chi connectivity index (χ1) is 11.1. The molecule has 1 heterocycles. The summed E-state index contributed by atoms with van der Waals surface area (Å²) in [6.45, 7) is 7.81. The quantitative estimate of drug-likeness (QED) is 0.880. The molecule has 0 saturated heterocycles. The number of anilines is 1. The van der Waals surface area contributed by atoms with Gasteiger partial charge >= 0.3 is 5.97 Å². The van der Waals surface area contributed by atoms with Crippen molar-refractivity contribution in [1.29, 1.82) is 0 Å². The molecule has 7 heteroatoms. The van der Waals surface area contributed by atoms with Crippen LogP contribution in [0.1, 0.15) is 46.7 Å². The lowest BCUT2D eigenvalue weighted by Gasteiger charge is -2.13. The van der Waals surface area contributed by atoms with E-state index in [0.717, 1.165) is 11.1 Å². The smallest absolute Gasteiger partial charge is 0.307 e. The predicted molar refractivity (Wildman–Crippen MR) is 91.2 cm³/mol. The average Bonchev–Trinajstić information content (AvgIpc) is 2.83. The number of nitrogens with one attached hydrogen (secondary N) is 1. The van der Waals surface area contributed by atoms with Gasteiger partial charge in [-0.3, -0.25) is 9.59 Å². The van der Waals surface area contributed by atoms with Gasteiger partial charge in [-0.1, -0.05) is 26.8 Å². The van der Waals surface area contributed by atoms with Crippen molar-refractivity contribution >= 4 is 28.9 Å². The molecular weight excluding hydrogens is 331 g/mol. The normalized spacial score (nSPS) is 11.4. The number of hydrogen-bond acceptors (Lipinski definition) is 4. The summed E-state index contributed by atoms with van der Waals surface area (Å²) in [5.74, 6) is -2.13. The number of thiazole rings is 1. The molecule has 1 aromatic heterocycles. The Bertz CT molecular complexity index is 794. The fourth-order valence-corrected chi connectivity index (χ4v) is 3.07. The van der Waals surface area contributed by atoms with E-state index in [-0.39, 0.29) is 22.6 Å². The van der Waals surface area contributed by atoms with Crippen LogP contribution in [0.5, 0.6) is 0 Å². The number of amides is 1. The molecule has 0 radical (unpaired) electrons. The molecule has 2 N–H and O–H groups in total. The molecule has 0 aliphatic heterocycles. The number of benzene rings is 1. The first kappa shape index (κ1) is 18.1. The van der Waals surface area contributed by atoms with Gasteiger partial charge in [-0.25, -0.2) is 9.37 Å². The number of aromatic nitrogens is 1. The molecule has 2 rings (SSSR count). The molecule has 24 heavy (non-hydrogen) atoms. The second kappa shape index (κ2) is 6.68. The van der Waals surface area contributed by atoms with Crippen LogP contribution in [-0.4, -0.2) is 22.0 Å². The maximum absolute atomic E-state index is 13.9. The van der Waals surface area contributed by atoms with Gasteiger partial charge in [0.2, 0.25) is 0 Å². The fourth-order valence-electron chi connectivity index (χ4n) is 2.05. The van der Waals surface area contributed by atoms with Crippen molar-refractivity contribution in [3.8, 4) is 0 Å². The maximum Gasteiger partial charge on any atom is 0.307 e. The second-order valence-electron chi connectivity index (χ2n) is 6.51. The lowest BCUT2D eigenvalue weighted by atomic mass is 9.98. The summed E-state index contributed by atoms with van der Waals surface area (Å²) in [6, 6.07) is 3.97. The van der Waals surface area contributed by atoms with Crippen molar-refractivity contribution in [1.82, 2.24) is 4.98 Å². The molecule has 2 aromatic rings. The number of carbonyl (C=O) groups is 2. The number of nitrogens with zero attached hydrogens (tertiary/aromatic N) is 1. The van der Waals surface area contributed by atoms with Crippen LogP contribution in [0, 0.1) is 12.7 Å². The number of aryl methyl sites for hydroxylation is 1. The van der Waals surface area contributed by atoms with Gasteiger partial charge in [0.1, 0.15) is 10.7 Å². The fraction of sp³-hybridized carbons (Fsp3) is 0.353. The number of halogens is 1. The average molecular weight is 350 g/mol. The van der Waals surface area contributed by atoms with Gasteiger partial charge in [-0.05, 0) is 24.6 Å². The Morgan fingerprint density at radius 3 is 2.50 bits per heavy atom. The van der Waals surface area contributed by atoms with E-state index in [1.54, 1.807) is 6.92 Å². The highest BCUT2D eigenvalue weighted by atomic mass is 32.1. The van der Waals surface area contributed by atoms with Crippen molar-refractivity contribution < 1.29 is 19.1 Å². The van der Waals surface area contributed by atoms with Crippen LogP contribution in [-0.2, 0) is 16.6 Å². The van der Waals surface area contributed by atoms with E-state index in [1.165, 1.54) is 23.5 Å². The minimum atomic E-state index is -1.11. The second-order valence-corrected chi connectivity index (χ2v) is 7.51. The summed E-state index contributed by atoms with van der Waals surface area (Å²) in [7, 11) is 0. The highest BCUT2D eigenvalue weighted by Crippen LogP contribution is 2.29. The Balaban J connectivity index is 2.20. The van der Waals surface area contributed by atoms with E-state index in [2.05, 4.69) is 10.3 Å². The Morgan fingerprint density at radius 1 is 1.33 bits per heavy atom. The van der Waals surface area contributed by atoms with Crippen LogP contribution >= 0.6 is 11.3 Å². The highest BCUT2D eigenvalue weighted by molar-refractivity contribution is 7.14. The van der Waals surface area contributed by atoms with Crippen molar-refractivity contribution in [3.05, 3.63) is 45.2 Å².